The van der Waals surface area contributed by atoms with E-state index < -0.39 is 0 Å². The molecule has 0 saturated carbocycles. The number of halogens is 1. The first kappa shape index (κ1) is 25.3. The van der Waals surface area contributed by atoms with E-state index in [4.69, 9.17) is 9.73 Å². The van der Waals surface area contributed by atoms with E-state index in [1.807, 2.05) is 31.5 Å². The number of nitrogens with zero attached hydrogens (tertiary/aromatic N) is 3. The van der Waals surface area contributed by atoms with Crippen LogP contribution in [0.5, 0.6) is 5.75 Å². The zero-order chi connectivity index (χ0) is 20.2. The SMILES string of the molecule is CCNC(=NCCCCn1ccnc1C)NCCC(C)c1ccc(OC)cc1.I. The number of ether oxygens (including phenoxy) is 1. The number of aliphatic imine (C=N–C) groups is 1. The third-order valence-corrected chi connectivity index (χ3v) is 4.90. The number of imidazole rings is 1. The van der Waals surface area contributed by atoms with Crippen molar-refractivity contribution in [3.8, 4) is 5.75 Å². The molecule has 29 heavy (non-hydrogen) atoms. The maximum absolute atomic E-state index is 5.23. The zero-order valence-corrected chi connectivity index (χ0v) is 20.5. The highest BCUT2D eigenvalue weighted by Crippen LogP contribution is 2.21. The van der Waals surface area contributed by atoms with Crippen molar-refractivity contribution in [1.29, 1.82) is 0 Å². The van der Waals surface area contributed by atoms with Crippen LogP contribution in [0.2, 0.25) is 0 Å². The molecule has 2 aromatic rings. The maximum Gasteiger partial charge on any atom is 0.191 e. The summed E-state index contributed by atoms with van der Waals surface area (Å²) in [5.74, 6) is 3.37. The number of hydrogen-bond acceptors (Lipinski definition) is 3. The summed E-state index contributed by atoms with van der Waals surface area (Å²) < 4.78 is 7.42. The highest BCUT2D eigenvalue weighted by molar-refractivity contribution is 14.0. The number of rotatable bonds is 11. The number of nitrogens with one attached hydrogen (secondary N) is 2. The number of aryl methyl sites for hydroxylation is 2. The highest BCUT2D eigenvalue weighted by atomic mass is 127. The summed E-state index contributed by atoms with van der Waals surface area (Å²) in [4.78, 5) is 8.96. The van der Waals surface area contributed by atoms with Crippen molar-refractivity contribution in [3.63, 3.8) is 0 Å². The highest BCUT2D eigenvalue weighted by Gasteiger charge is 2.06. The van der Waals surface area contributed by atoms with Gasteiger partial charge in [-0.1, -0.05) is 19.1 Å². The van der Waals surface area contributed by atoms with Crippen LogP contribution in [0.25, 0.3) is 0 Å². The van der Waals surface area contributed by atoms with E-state index in [0.29, 0.717) is 5.92 Å². The van der Waals surface area contributed by atoms with Gasteiger partial charge in [0.15, 0.2) is 5.96 Å². The van der Waals surface area contributed by atoms with Gasteiger partial charge in [0, 0.05) is 38.6 Å². The monoisotopic (exact) mass is 513 g/mol. The molecule has 2 N–H and O–H groups in total. The van der Waals surface area contributed by atoms with Gasteiger partial charge >= 0.3 is 0 Å². The minimum Gasteiger partial charge on any atom is -0.497 e. The lowest BCUT2D eigenvalue weighted by Gasteiger charge is -2.15. The Labute approximate surface area is 192 Å². The van der Waals surface area contributed by atoms with E-state index in [2.05, 4.69) is 46.2 Å². The molecule has 1 unspecified atom stereocenters. The Morgan fingerprint density at radius 3 is 2.59 bits per heavy atom. The molecule has 2 rings (SSSR count). The normalized spacial score (nSPS) is 12.2. The van der Waals surface area contributed by atoms with Gasteiger partial charge in [0.2, 0.25) is 0 Å². The topological polar surface area (TPSA) is 63.5 Å². The molecule has 0 fully saturated rings. The molecule has 6 nitrogen and oxygen atoms in total. The third-order valence-electron chi connectivity index (χ3n) is 4.90. The van der Waals surface area contributed by atoms with Gasteiger partial charge in [0.05, 0.1) is 7.11 Å². The number of unbranched alkanes of at least 4 members (excludes halogenated alkanes) is 1. The van der Waals surface area contributed by atoms with Crippen LogP contribution in [0.1, 0.15) is 50.4 Å². The molecule has 0 aliphatic heterocycles. The summed E-state index contributed by atoms with van der Waals surface area (Å²) in [6.07, 6.45) is 7.11. The van der Waals surface area contributed by atoms with Crippen molar-refractivity contribution in [2.45, 2.75) is 52.5 Å². The Hall–Kier alpha value is -1.77. The molecule has 1 aromatic carbocycles. The molecule has 7 heteroatoms. The second-order valence-corrected chi connectivity index (χ2v) is 7.03. The molecule has 0 saturated heterocycles. The van der Waals surface area contributed by atoms with Crippen molar-refractivity contribution in [3.05, 3.63) is 48.0 Å². The molecule has 0 radical (unpaired) electrons. The molecule has 1 atom stereocenters. The Morgan fingerprint density at radius 2 is 1.97 bits per heavy atom. The first-order valence-electron chi connectivity index (χ1n) is 10.3. The summed E-state index contributed by atoms with van der Waals surface area (Å²) >= 11 is 0. The van der Waals surface area contributed by atoms with Crippen molar-refractivity contribution in [1.82, 2.24) is 20.2 Å². The Morgan fingerprint density at radius 1 is 1.21 bits per heavy atom. The predicted octanol–water partition coefficient (Wildman–Crippen LogP) is 4.35. The van der Waals surface area contributed by atoms with Crippen molar-refractivity contribution >= 4 is 29.9 Å². The Kier molecular flexibility index (Phi) is 12.4. The second kappa shape index (κ2) is 14.3. The first-order valence-corrected chi connectivity index (χ1v) is 10.3. The van der Waals surface area contributed by atoms with E-state index in [9.17, 15) is 0 Å². The lowest BCUT2D eigenvalue weighted by atomic mass is 9.98. The van der Waals surface area contributed by atoms with Crippen LogP contribution >= 0.6 is 24.0 Å². The quantitative estimate of drug-likeness (QED) is 0.203. The van der Waals surface area contributed by atoms with Crippen molar-refractivity contribution in [2.24, 2.45) is 4.99 Å². The predicted molar refractivity (Wildman–Crippen MR) is 132 cm³/mol. The van der Waals surface area contributed by atoms with E-state index in [1.165, 1.54) is 5.56 Å². The van der Waals surface area contributed by atoms with Gasteiger partial charge in [-0.05, 0) is 56.7 Å². The van der Waals surface area contributed by atoms with Crippen LogP contribution in [0.3, 0.4) is 0 Å². The van der Waals surface area contributed by atoms with Gasteiger partial charge < -0.3 is 19.9 Å². The van der Waals surface area contributed by atoms with Crippen molar-refractivity contribution < 1.29 is 4.74 Å². The smallest absolute Gasteiger partial charge is 0.191 e. The Bertz CT molecular complexity index is 714. The minimum atomic E-state index is 0. The summed E-state index contributed by atoms with van der Waals surface area (Å²) in [5, 5.41) is 6.79. The number of methoxy groups -OCH3 is 1. The lowest BCUT2D eigenvalue weighted by molar-refractivity contribution is 0.414. The van der Waals surface area contributed by atoms with Gasteiger partial charge in [0.25, 0.3) is 0 Å². The maximum atomic E-state index is 5.23. The first-order chi connectivity index (χ1) is 13.6. The van der Waals surface area contributed by atoms with Crippen LogP contribution < -0.4 is 15.4 Å². The van der Waals surface area contributed by atoms with E-state index in [0.717, 1.165) is 63.0 Å². The zero-order valence-electron chi connectivity index (χ0n) is 18.1. The minimum absolute atomic E-state index is 0. The summed E-state index contributed by atoms with van der Waals surface area (Å²) in [5.41, 5.74) is 1.33. The van der Waals surface area contributed by atoms with Gasteiger partial charge in [-0.3, -0.25) is 4.99 Å². The molecular weight excluding hydrogens is 477 g/mol. The Balaban J connectivity index is 0.00000420. The average Bonchev–Trinajstić information content (AvgIpc) is 3.12. The largest absolute Gasteiger partial charge is 0.497 e. The fraction of sp³-hybridized carbons (Fsp3) is 0.545. The van der Waals surface area contributed by atoms with Crippen LogP contribution in [0.15, 0.2) is 41.7 Å². The van der Waals surface area contributed by atoms with Crippen LogP contribution in [0.4, 0.5) is 0 Å². The van der Waals surface area contributed by atoms with Crippen molar-refractivity contribution in [2.75, 3.05) is 26.7 Å². The molecule has 0 spiro atoms. The van der Waals surface area contributed by atoms with Crippen LogP contribution in [-0.2, 0) is 6.54 Å². The number of guanidine groups is 1. The van der Waals surface area contributed by atoms with E-state index >= 15 is 0 Å². The van der Waals surface area contributed by atoms with Gasteiger partial charge in [-0.25, -0.2) is 4.98 Å². The molecule has 1 aromatic heterocycles. The molecule has 1 heterocycles. The van der Waals surface area contributed by atoms with Gasteiger partial charge in [0.1, 0.15) is 11.6 Å². The summed E-state index contributed by atoms with van der Waals surface area (Å²) in [7, 11) is 1.70. The third kappa shape index (κ3) is 9.06. The van der Waals surface area contributed by atoms with Crippen LogP contribution in [0, 0.1) is 6.92 Å². The fourth-order valence-corrected chi connectivity index (χ4v) is 3.07. The number of hydrogen-bond donors (Lipinski definition) is 2. The summed E-state index contributed by atoms with van der Waals surface area (Å²) in [6.45, 7) is 9.99. The van der Waals surface area contributed by atoms with Gasteiger partial charge in [-0.2, -0.15) is 0 Å². The molecule has 162 valence electrons. The average molecular weight is 513 g/mol. The molecule has 0 aliphatic carbocycles. The lowest BCUT2D eigenvalue weighted by Crippen LogP contribution is -2.38. The molecule has 0 bridgehead atoms. The fourth-order valence-electron chi connectivity index (χ4n) is 3.07. The van der Waals surface area contributed by atoms with E-state index in [1.54, 1.807) is 7.11 Å². The van der Waals surface area contributed by atoms with Crippen LogP contribution in [-0.4, -0.2) is 42.3 Å². The molecular formula is C22H36IN5O. The molecule has 0 amide bonds. The standard InChI is InChI=1S/C22H35N5O.HI/c1-5-23-22(25-13-6-7-16-27-17-15-24-19(27)3)26-14-12-18(2)20-8-10-21(28-4)11-9-20;/h8-11,15,17-18H,5-7,12-14,16H2,1-4H3,(H2,23,25,26);1H. The second-order valence-electron chi connectivity index (χ2n) is 7.03. The molecule has 0 aliphatic rings. The van der Waals surface area contributed by atoms with Gasteiger partial charge in [-0.15, -0.1) is 24.0 Å². The number of benzene rings is 1. The van der Waals surface area contributed by atoms with E-state index in [-0.39, 0.29) is 24.0 Å². The summed E-state index contributed by atoms with van der Waals surface area (Å²) in [6, 6.07) is 8.34. The number of aromatic nitrogens is 2.